The van der Waals surface area contributed by atoms with Gasteiger partial charge in [0.25, 0.3) is 0 Å². The van der Waals surface area contributed by atoms with Gasteiger partial charge in [0.15, 0.2) is 0 Å². The summed E-state index contributed by atoms with van der Waals surface area (Å²) in [5, 5.41) is 0. The SMILES string of the molecule is CCOCC(NS(=O)(=O)CBr)C(C)C. The van der Waals surface area contributed by atoms with E-state index in [1.807, 2.05) is 20.8 Å². The molecule has 0 spiro atoms. The van der Waals surface area contributed by atoms with Crippen molar-refractivity contribution in [3.8, 4) is 0 Å². The van der Waals surface area contributed by atoms with E-state index >= 15 is 0 Å². The van der Waals surface area contributed by atoms with E-state index in [-0.39, 0.29) is 16.6 Å². The van der Waals surface area contributed by atoms with Crippen LogP contribution in [0.4, 0.5) is 0 Å². The molecule has 0 aliphatic rings. The molecule has 0 aliphatic heterocycles. The number of ether oxygens (including phenoxy) is 1. The van der Waals surface area contributed by atoms with Crippen LogP contribution in [0, 0.1) is 5.92 Å². The third kappa shape index (κ3) is 5.95. The van der Waals surface area contributed by atoms with E-state index in [1.165, 1.54) is 0 Å². The van der Waals surface area contributed by atoms with Crippen molar-refractivity contribution >= 4 is 26.0 Å². The Kier molecular flexibility index (Phi) is 6.93. The Morgan fingerprint density at radius 2 is 2.00 bits per heavy atom. The molecule has 0 aliphatic carbocycles. The molecule has 0 bridgehead atoms. The van der Waals surface area contributed by atoms with E-state index in [4.69, 9.17) is 4.74 Å². The first kappa shape index (κ1) is 14.3. The Morgan fingerprint density at radius 1 is 1.43 bits per heavy atom. The van der Waals surface area contributed by atoms with Crippen LogP contribution in [0.15, 0.2) is 0 Å². The number of rotatable bonds is 7. The molecule has 0 heterocycles. The molecule has 0 aromatic heterocycles. The van der Waals surface area contributed by atoms with Gasteiger partial charge in [0.05, 0.1) is 6.61 Å². The van der Waals surface area contributed by atoms with Crippen molar-refractivity contribution < 1.29 is 13.2 Å². The van der Waals surface area contributed by atoms with Gasteiger partial charge in [0, 0.05) is 12.6 Å². The lowest BCUT2D eigenvalue weighted by atomic mass is 10.1. The lowest BCUT2D eigenvalue weighted by Gasteiger charge is -2.21. The summed E-state index contributed by atoms with van der Waals surface area (Å²) in [6.45, 7) is 6.82. The Hall–Kier alpha value is 0.350. The summed E-state index contributed by atoms with van der Waals surface area (Å²) < 4.78 is 30.2. The molecule has 0 amide bonds. The molecule has 0 saturated carbocycles. The lowest BCUT2D eigenvalue weighted by Crippen LogP contribution is -2.42. The summed E-state index contributed by atoms with van der Waals surface area (Å²) in [5.41, 5.74) is 0. The molecule has 14 heavy (non-hydrogen) atoms. The Morgan fingerprint density at radius 3 is 2.36 bits per heavy atom. The zero-order valence-corrected chi connectivity index (χ0v) is 11.2. The third-order valence-electron chi connectivity index (χ3n) is 1.78. The maximum Gasteiger partial charge on any atom is 0.221 e. The fourth-order valence-corrected chi connectivity index (χ4v) is 2.13. The van der Waals surface area contributed by atoms with Gasteiger partial charge in [0.2, 0.25) is 10.0 Å². The maximum atomic E-state index is 11.3. The van der Waals surface area contributed by atoms with Gasteiger partial charge in [-0.2, -0.15) is 0 Å². The van der Waals surface area contributed by atoms with E-state index in [0.29, 0.717) is 13.2 Å². The molecule has 1 atom stereocenters. The average molecular weight is 288 g/mol. The van der Waals surface area contributed by atoms with E-state index < -0.39 is 10.0 Å². The molecule has 0 radical (unpaired) electrons. The van der Waals surface area contributed by atoms with Crippen molar-refractivity contribution in [1.29, 1.82) is 0 Å². The molecule has 0 aromatic carbocycles. The van der Waals surface area contributed by atoms with Crippen LogP contribution in [-0.2, 0) is 14.8 Å². The third-order valence-corrected chi connectivity index (χ3v) is 4.54. The summed E-state index contributed by atoms with van der Waals surface area (Å²) in [4.78, 5) is 0. The van der Waals surface area contributed by atoms with Crippen molar-refractivity contribution in [3.63, 3.8) is 0 Å². The van der Waals surface area contributed by atoms with Crippen molar-refractivity contribution in [2.45, 2.75) is 26.8 Å². The zero-order chi connectivity index (χ0) is 11.2. The molecule has 0 saturated heterocycles. The second-order valence-electron chi connectivity index (χ2n) is 3.35. The van der Waals surface area contributed by atoms with Crippen molar-refractivity contribution in [3.05, 3.63) is 0 Å². The van der Waals surface area contributed by atoms with Crippen molar-refractivity contribution in [1.82, 2.24) is 4.72 Å². The molecule has 0 fully saturated rings. The second-order valence-corrected chi connectivity index (χ2v) is 6.41. The zero-order valence-electron chi connectivity index (χ0n) is 8.79. The average Bonchev–Trinajstić information content (AvgIpc) is 2.12. The van der Waals surface area contributed by atoms with E-state index in [1.54, 1.807) is 0 Å². The Balaban J connectivity index is 4.23. The first-order valence-electron chi connectivity index (χ1n) is 4.56. The summed E-state index contributed by atoms with van der Waals surface area (Å²) in [7, 11) is -3.21. The number of hydrogen-bond donors (Lipinski definition) is 1. The van der Waals surface area contributed by atoms with Gasteiger partial charge in [-0.15, -0.1) is 0 Å². The van der Waals surface area contributed by atoms with Gasteiger partial charge >= 0.3 is 0 Å². The second kappa shape index (κ2) is 6.76. The highest BCUT2D eigenvalue weighted by Gasteiger charge is 2.19. The topological polar surface area (TPSA) is 55.4 Å². The van der Waals surface area contributed by atoms with Gasteiger partial charge in [0.1, 0.15) is 4.66 Å². The van der Waals surface area contributed by atoms with Gasteiger partial charge < -0.3 is 4.74 Å². The number of alkyl halides is 1. The van der Waals surface area contributed by atoms with Gasteiger partial charge in [-0.25, -0.2) is 13.1 Å². The highest BCUT2D eigenvalue weighted by atomic mass is 79.9. The van der Waals surface area contributed by atoms with Crippen LogP contribution in [0.25, 0.3) is 0 Å². The number of sulfonamides is 1. The smallest absolute Gasteiger partial charge is 0.221 e. The fourth-order valence-electron chi connectivity index (χ4n) is 0.870. The number of nitrogens with one attached hydrogen (secondary N) is 1. The molecule has 6 heteroatoms. The van der Waals surface area contributed by atoms with E-state index in [0.717, 1.165) is 0 Å². The monoisotopic (exact) mass is 287 g/mol. The van der Waals surface area contributed by atoms with Crippen LogP contribution in [-0.4, -0.2) is 32.3 Å². The highest BCUT2D eigenvalue weighted by Crippen LogP contribution is 2.05. The largest absolute Gasteiger partial charge is 0.380 e. The predicted molar refractivity (Wildman–Crippen MR) is 61.0 cm³/mol. The van der Waals surface area contributed by atoms with Crippen LogP contribution in [0.1, 0.15) is 20.8 Å². The standard InChI is InChI=1S/C8H18BrNO3S/c1-4-13-5-8(7(2)3)10-14(11,12)6-9/h7-8,10H,4-6H2,1-3H3. The molecule has 1 unspecified atom stereocenters. The molecular weight excluding hydrogens is 270 g/mol. The first-order chi connectivity index (χ1) is 6.43. The summed E-state index contributed by atoms with van der Waals surface area (Å²) in [6.07, 6.45) is 0. The van der Waals surface area contributed by atoms with Crippen LogP contribution >= 0.6 is 15.9 Å². The predicted octanol–water partition coefficient (Wildman–Crippen LogP) is 1.32. The number of hydrogen-bond acceptors (Lipinski definition) is 3. The Bertz CT molecular complexity index is 241. The summed E-state index contributed by atoms with van der Waals surface area (Å²) in [5.74, 6) is 0.218. The summed E-state index contributed by atoms with van der Waals surface area (Å²) >= 11 is 2.93. The fraction of sp³-hybridized carbons (Fsp3) is 1.00. The molecule has 4 nitrogen and oxygen atoms in total. The van der Waals surface area contributed by atoms with Crippen molar-refractivity contribution in [2.75, 3.05) is 17.9 Å². The van der Waals surface area contributed by atoms with Gasteiger partial charge in [-0.1, -0.05) is 29.8 Å². The normalized spacial score (nSPS) is 14.6. The van der Waals surface area contributed by atoms with Crippen LogP contribution in [0.2, 0.25) is 0 Å². The number of halogens is 1. The minimum absolute atomic E-state index is 0.0741. The van der Waals surface area contributed by atoms with Crippen molar-refractivity contribution in [2.24, 2.45) is 5.92 Å². The van der Waals surface area contributed by atoms with E-state index in [2.05, 4.69) is 20.7 Å². The molecular formula is C8H18BrNO3S. The first-order valence-corrected chi connectivity index (χ1v) is 7.34. The van der Waals surface area contributed by atoms with Crippen LogP contribution in [0.3, 0.4) is 0 Å². The molecule has 86 valence electrons. The quantitative estimate of drug-likeness (QED) is 0.719. The molecule has 0 rings (SSSR count). The minimum Gasteiger partial charge on any atom is -0.380 e. The maximum absolute atomic E-state index is 11.3. The Labute approximate surface area is 94.6 Å². The van der Waals surface area contributed by atoms with Gasteiger partial charge in [-0.05, 0) is 12.8 Å². The van der Waals surface area contributed by atoms with Gasteiger partial charge in [-0.3, -0.25) is 0 Å². The minimum atomic E-state index is -3.21. The van der Waals surface area contributed by atoms with Crippen LogP contribution < -0.4 is 4.72 Å². The highest BCUT2D eigenvalue weighted by molar-refractivity contribution is 9.10. The molecule has 1 N–H and O–H groups in total. The van der Waals surface area contributed by atoms with Crippen LogP contribution in [0.5, 0.6) is 0 Å². The summed E-state index contributed by atoms with van der Waals surface area (Å²) in [6, 6.07) is -0.155. The molecule has 0 aromatic rings. The van der Waals surface area contributed by atoms with E-state index in [9.17, 15) is 8.42 Å². The lowest BCUT2D eigenvalue weighted by molar-refractivity contribution is 0.116.